The van der Waals surface area contributed by atoms with Crippen LogP contribution in [-0.4, -0.2) is 19.9 Å². The van der Waals surface area contributed by atoms with Crippen molar-refractivity contribution in [2.24, 2.45) is 0 Å². The minimum Gasteiger partial charge on any atom is -0.342 e. The van der Waals surface area contributed by atoms with Gasteiger partial charge in [0.25, 0.3) is 0 Å². The number of hydrogen-bond acceptors (Lipinski definition) is 2. The quantitative estimate of drug-likeness (QED) is 0.467. The van der Waals surface area contributed by atoms with Crippen molar-refractivity contribution in [1.82, 2.24) is 19.9 Å². The van der Waals surface area contributed by atoms with Crippen LogP contribution < -0.4 is 0 Å². The molecule has 0 bridgehead atoms. The maximum absolute atomic E-state index is 4.76. The van der Waals surface area contributed by atoms with Crippen molar-refractivity contribution in [2.75, 3.05) is 0 Å². The summed E-state index contributed by atoms with van der Waals surface area (Å²) in [6.45, 7) is 2.10. The molecule has 126 valence electrons. The summed E-state index contributed by atoms with van der Waals surface area (Å²) in [6.07, 6.45) is 0.900. The van der Waals surface area contributed by atoms with Crippen LogP contribution in [0.25, 0.3) is 44.6 Å². The Labute approximate surface area is 150 Å². The molecule has 0 atom stereocenters. The Morgan fingerprint density at radius 1 is 0.692 bits per heavy atom. The van der Waals surface area contributed by atoms with E-state index in [9.17, 15) is 0 Å². The zero-order valence-corrected chi connectivity index (χ0v) is 14.5. The van der Waals surface area contributed by atoms with Crippen LogP contribution in [0.5, 0.6) is 0 Å². The van der Waals surface area contributed by atoms with E-state index < -0.39 is 0 Å². The fourth-order valence-electron chi connectivity index (χ4n) is 3.33. The highest BCUT2D eigenvalue weighted by Crippen LogP contribution is 2.27. The summed E-state index contributed by atoms with van der Waals surface area (Å²) in [5.74, 6) is 1.88. The third-order valence-electron chi connectivity index (χ3n) is 4.73. The number of nitrogens with zero attached hydrogens (tertiary/aromatic N) is 2. The zero-order valence-electron chi connectivity index (χ0n) is 14.5. The fraction of sp³-hybridized carbons (Fsp3) is 0.0909. The van der Waals surface area contributed by atoms with Crippen LogP contribution in [0.3, 0.4) is 0 Å². The molecule has 0 saturated carbocycles. The Balaban J connectivity index is 1.59. The zero-order chi connectivity index (χ0) is 17.5. The normalized spacial score (nSPS) is 11.4. The van der Waals surface area contributed by atoms with Crippen molar-refractivity contribution in [2.45, 2.75) is 13.3 Å². The highest BCUT2D eigenvalue weighted by atomic mass is 14.9. The molecule has 0 radical (unpaired) electrons. The van der Waals surface area contributed by atoms with Crippen LogP contribution in [0.2, 0.25) is 0 Å². The Morgan fingerprint density at radius 2 is 1.38 bits per heavy atom. The lowest BCUT2D eigenvalue weighted by molar-refractivity contribution is 1.00. The molecule has 0 saturated heterocycles. The lowest BCUT2D eigenvalue weighted by Gasteiger charge is -2.00. The molecule has 5 aromatic rings. The van der Waals surface area contributed by atoms with Gasteiger partial charge in [0.2, 0.25) is 0 Å². The standard InChI is InChI=1S/C22H18N4/c1-2-21-23-17-11-9-16(13-19(17)24-21)22-25-18-10-8-15(12-20(18)26-22)14-6-4-3-5-7-14/h3-13H,2H2,1H3,(H,23,24)(H,25,26). The number of benzene rings is 3. The van der Waals surface area contributed by atoms with Crippen molar-refractivity contribution in [3.8, 4) is 22.5 Å². The van der Waals surface area contributed by atoms with Crippen LogP contribution in [0.4, 0.5) is 0 Å². The molecule has 0 amide bonds. The van der Waals surface area contributed by atoms with Gasteiger partial charge in [0.1, 0.15) is 11.6 Å². The average Bonchev–Trinajstić information content (AvgIpc) is 3.31. The molecular weight excluding hydrogens is 320 g/mol. The molecule has 2 aromatic heterocycles. The number of nitrogens with one attached hydrogen (secondary N) is 2. The van der Waals surface area contributed by atoms with Gasteiger partial charge in [0, 0.05) is 12.0 Å². The summed E-state index contributed by atoms with van der Waals surface area (Å²) >= 11 is 0. The lowest BCUT2D eigenvalue weighted by Crippen LogP contribution is -1.80. The van der Waals surface area contributed by atoms with Crippen molar-refractivity contribution < 1.29 is 0 Å². The first-order valence-electron chi connectivity index (χ1n) is 8.84. The lowest BCUT2D eigenvalue weighted by atomic mass is 10.1. The van der Waals surface area contributed by atoms with Gasteiger partial charge in [-0.15, -0.1) is 0 Å². The van der Waals surface area contributed by atoms with E-state index >= 15 is 0 Å². The van der Waals surface area contributed by atoms with E-state index in [2.05, 4.69) is 76.5 Å². The van der Waals surface area contributed by atoms with Crippen LogP contribution >= 0.6 is 0 Å². The van der Waals surface area contributed by atoms with Gasteiger partial charge in [0.15, 0.2) is 0 Å². The second kappa shape index (κ2) is 5.85. The Kier molecular flexibility index (Phi) is 3.35. The average molecular weight is 338 g/mol. The van der Waals surface area contributed by atoms with Crippen molar-refractivity contribution in [3.63, 3.8) is 0 Å². The number of aromatic nitrogens is 4. The number of H-pyrrole nitrogens is 2. The molecule has 0 unspecified atom stereocenters. The third kappa shape index (κ3) is 2.47. The molecule has 2 N–H and O–H groups in total. The van der Waals surface area contributed by atoms with E-state index in [1.807, 2.05) is 12.1 Å². The summed E-state index contributed by atoms with van der Waals surface area (Å²) in [6, 6.07) is 23.0. The topological polar surface area (TPSA) is 57.4 Å². The molecule has 26 heavy (non-hydrogen) atoms. The van der Waals surface area contributed by atoms with Crippen LogP contribution in [0, 0.1) is 0 Å². The van der Waals surface area contributed by atoms with Gasteiger partial charge in [-0.25, -0.2) is 9.97 Å². The van der Waals surface area contributed by atoms with Crippen LogP contribution in [0.15, 0.2) is 66.7 Å². The van der Waals surface area contributed by atoms with Gasteiger partial charge in [-0.3, -0.25) is 0 Å². The number of rotatable bonds is 3. The van der Waals surface area contributed by atoms with E-state index in [4.69, 9.17) is 4.98 Å². The Bertz CT molecular complexity index is 1220. The van der Waals surface area contributed by atoms with Crippen molar-refractivity contribution in [3.05, 3.63) is 72.6 Å². The summed E-state index contributed by atoms with van der Waals surface area (Å²) in [7, 11) is 0. The number of hydrogen-bond donors (Lipinski definition) is 2. The fourth-order valence-corrected chi connectivity index (χ4v) is 3.33. The first-order chi connectivity index (χ1) is 12.8. The van der Waals surface area contributed by atoms with E-state index in [0.29, 0.717) is 0 Å². The molecule has 5 rings (SSSR count). The third-order valence-corrected chi connectivity index (χ3v) is 4.73. The number of aromatic amines is 2. The summed E-state index contributed by atoms with van der Waals surface area (Å²) < 4.78 is 0. The summed E-state index contributed by atoms with van der Waals surface area (Å²) in [4.78, 5) is 16.2. The minimum atomic E-state index is 0.875. The number of fused-ring (bicyclic) bond motifs is 2. The molecule has 2 heterocycles. The van der Waals surface area contributed by atoms with Crippen molar-refractivity contribution >= 4 is 22.1 Å². The predicted octanol–water partition coefficient (Wildman–Crippen LogP) is 5.34. The first kappa shape index (κ1) is 14.9. The van der Waals surface area contributed by atoms with Gasteiger partial charge in [-0.05, 0) is 41.5 Å². The maximum atomic E-state index is 4.76. The van der Waals surface area contributed by atoms with Gasteiger partial charge in [-0.2, -0.15) is 0 Å². The monoisotopic (exact) mass is 338 g/mol. The largest absolute Gasteiger partial charge is 0.342 e. The molecular formula is C22H18N4. The molecule has 0 aliphatic rings. The molecule has 3 aromatic carbocycles. The summed E-state index contributed by atoms with van der Waals surface area (Å²) in [5, 5.41) is 0. The Hall–Kier alpha value is -3.40. The smallest absolute Gasteiger partial charge is 0.138 e. The van der Waals surface area contributed by atoms with Crippen LogP contribution in [-0.2, 0) is 6.42 Å². The predicted molar refractivity (Wildman–Crippen MR) is 106 cm³/mol. The van der Waals surface area contributed by atoms with Gasteiger partial charge in [-0.1, -0.05) is 43.3 Å². The summed E-state index contributed by atoms with van der Waals surface area (Å²) in [5.41, 5.74) is 7.50. The molecule has 0 aliphatic carbocycles. The molecule has 0 aliphatic heterocycles. The van der Waals surface area contributed by atoms with Crippen LogP contribution in [0.1, 0.15) is 12.7 Å². The second-order valence-electron chi connectivity index (χ2n) is 6.45. The van der Waals surface area contributed by atoms with E-state index in [-0.39, 0.29) is 0 Å². The van der Waals surface area contributed by atoms with Crippen molar-refractivity contribution in [1.29, 1.82) is 0 Å². The Morgan fingerprint density at radius 3 is 2.19 bits per heavy atom. The van der Waals surface area contributed by atoms with Gasteiger partial charge in [0.05, 0.1) is 22.1 Å². The van der Waals surface area contributed by atoms with Gasteiger partial charge >= 0.3 is 0 Å². The highest BCUT2D eigenvalue weighted by Gasteiger charge is 2.09. The SMILES string of the molecule is CCc1nc2ccc(-c3nc4ccc(-c5ccccc5)cc4[nH]3)cc2[nH]1. The maximum Gasteiger partial charge on any atom is 0.138 e. The second-order valence-corrected chi connectivity index (χ2v) is 6.45. The number of imidazole rings is 2. The molecule has 0 fully saturated rings. The first-order valence-corrected chi connectivity index (χ1v) is 8.84. The van der Waals surface area contributed by atoms with E-state index in [0.717, 1.165) is 45.7 Å². The number of aryl methyl sites for hydroxylation is 1. The minimum absolute atomic E-state index is 0.875. The molecule has 0 spiro atoms. The highest BCUT2D eigenvalue weighted by molar-refractivity contribution is 5.86. The van der Waals surface area contributed by atoms with Gasteiger partial charge < -0.3 is 9.97 Å². The van der Waals surface area contributed by atoms with E-state index in [1.165, 1.54) is 11.1 Å². The van der Waals surface area contributed by atoms with E-state index in [1.54, 1.807) is 0 Å². The molecule has 4 nitrogen and oxygen atoms in total. The molecule has 4 heteroatoms.